The lowest BCUT2D eigenvalue weighted by atomic mass is 10.0. The number of para-hydroxylation sites is 1. The van der Waals surface area contributed by atoms with Gasteiger partial charge in [0.2, 0.25) is 0 Å². The Morgan fingerprint density at radius 2 is 0.857 bits per heavy atom. The van der Waals surface area contributed by atoms with Gasteiger partial charge >= 0.3 is 0 Å². The van der Waals surface area contributed by atoms with E-state index in [-0.39, 0.29) is 0 Å². The summed E-state index contributed by atoms with van der Waals surface area (Å²) in [6, 6.07) is 67.4. The standard InChI is InChI=1S/C51H32N4O/c1-4-13-33(14-5-1)35-23-25-38(26-24-35)50-52-49(37-17-8-3-9-18-37)53-51(54-50)41-20-12-22-46-48(41)43-31-45-42(32-47(43)56-46)40-19-10-11-21-44(40)55(45)39-29-27-36(28-30-39)34-15-6-2-7-16-34/h1-32H. The Bertz CT molecular complexity index is 3200. The fraction of sp³-hybridized carbons (Fsp3) is 0. The number of benzene rings is 8. The molecule has 0 spiro atoms. The topological polar surface area (TPSA) is 56.7 Å². The summed E-state index contributed by atoms with van der Waals surface area (Å²) in [5, 5.41) is 4.28. The van der Waals surface area contributed by atoms with E-state index in [2.05, 4.69) is 144 Å². The third kappa shape index (κ3) is 5.37. The van der Waals surface area contributed by atoms with E-state index in [0.29, 0.717) is 17.5 Å². The van der Waals surface area contributed by atoms with Gasteiger partial charge in [0, 0.05) is 43.9 Å². The first-order valence-electron chi connectivity index (χ1n) is 18.8. The molecule has 11 rings (SSSR count). The molecule has 11 aromatic rings. The summed E-state index contributed by atoms with van der Waals surface area (Å²) in [7, 11) is 0. The highest BCUT2D eigenvalue weighted by Gasteiger charge is 2.21. The van der Waals surface area contributed by atoms with Gasteiger partial charge in [0.15, 0.2) is 17.5 Å². The number of nitrogens with zero attached hydrogens (tertiary/aromatic N) is 4. The van der Waals surface area contributed by atoms with Crippen LogP contribution in [0.2, 0.25) is 0 Å². The van der Waals surface area contributed by atoms with Crippen molar-refractivity contribution in [3.63, 3.8) is 0 Å². The van der Waals surface area contributed by atoms with E-state index in [9.17, 15) is 0 Å². The molecule has 3 heterocycles. The van der Waals surface area contributed by atoms with Gasteiger partial charge in [-0.25, -0.2) is 15.0 Å². The number of hydrogen-bond acceptors (Lipinski definition) is 4. The molecule has 5 heteroatoms. The van der Waals surface area contributed by atoms with E-state index in [4.69, 9.17) is 19.4 Å². The number of hydrogen-bond donors (Lipinski definition) is 0. The fourth-order valence-corrected chi connectivity index (χ4v) is 7.97. The molecule has 8 aromatic carbocycles. The van der Waals surface area contributed by atoms with Gasteiger partial charge in [0.05, 0.1) is 11.0 Å². The highest BCUT2D eigenvalue weighted by Crippen LogP contribution is 2.41. The Balaban J connectivity index is 1.11. The van der Waals surface area contributed by atoms with Crippen molar-refractivity contribution >= 4 is 43.7 Å². The quantitative estimate of drug-likeness (QED) is 0.172. The molecule has 56 heavy (non-hydrogen) atoms. The minimum absolute atomic E-state index is 0.589. The third-order valence-electron chi connectivity index (χ3n) is 10.7. The average molecular weight is 717 g/mol. The van der Waals surface area contributed by atoms with Gasteiger partial charge in [0.25, 0.3) is 0 Å². The molecule has 0 N–H and O–H groups in total. The van der Waals surface area contributed by atoms with Gasteiger partial charge in [-0.1, -0.05) is 158 Å². The van der Waals surface area contributed by atoms with Crippen molar-refractivity contribution in [1.82, 2.24) is 19.5 Å². The van der Waals surface area contributed by atoms with Crippen LogP contribution in [-0.4, -0.2) is 19.5 Å². The number of furan rings is 1. The second-order valence-electron chi connectivity index (χ2n) is 14.0. The lowest BCUT2D eigenvalue weighted by molar-refractivity contribution is 0.669. The number of aromatic nitrogens is 4. The summed E-state index contributed by atoms with van der Waals surface area (Å²) in [5.41, 5.74) is 12.3. The van der Waals surface area contributed by atoms with E-state index >= 15 is 0 Å². The second kappa shape index (κ2) is 13.0. The van der Waals surface area contributed by atoms with Crippen molar-refractivity contribution in [2.75, 3.05) is 0 Å². The van der Waals surface area contributed by atoms with Crippen molar-refractivity contribution in [1.29, 1.82) is 0 Å². The molecule has 0 fully saturated rings. The molecular formula is C51H32N4O. The van der Waals surface area contributed by atoms with Crippen molar-refractivity contribution in [3.8, 4) is 62.1 Å². The summed E-state index contributed by atoms with van der Waals surface area (Å²) in [5.74, 6) is 1.81. The zero-order valence-electron chi connectivity index (χ0n) is 30.2. The van der Waals surface area contributed by atoms with E-state index in [1.807, 2.05) is 54.6 Å². The zero-order valence-corrected chi connectivity index (χ0v) is 30.2. The molecule has 3 aromatic heterocycles. The molecule has 0 aliphatic heterocycles. The summed E-state index contributed by atoms with van der Waals surface area (Å²) in [4.78, 5) is 15.3. The first kappa shape index (κ1) is 31.9. The molecule has 0 atom stereocenters. The van der Waals surface area contributed by atoms with Gasteiger partial charge < -0.3 is 8.98 Å². The first-order valence-corrected chi connectivity index (χ1v) is 18.8. The highest BCUT2D eigenvalue weighted by atomic mass is 16.3. The van der Waals surface area contributed by atoms with E-state index in [1.54, 1.807) is 0 Å². The van der Waals surface area contributed by atoms with Crippen LogP contribution in [-0.2, 0) is 0 Å². The Hall–Kier alpha value is -7.63. The third-order valence-corrected chi connectivity index (χ3v) is 10.7. The smallest absolute Gasteiger partial charge is 0.164 e. The molecule has 5 nitrogen and oxygen atoms in total. The zero-order chi connectivity index (χ0) is 37.0. The average Bonchev–Trinajstić information content (AvgIpc) is 3.81. The monoisotopic (exact) mass is 716 g/mol. The molecule has 0 bridgehead atoms. The summed E-state index contributed by atoms with van der Waals surface area (Å²) < 4.78 is 9.01. The Kier molecular flexibility index (Phi) is 7.42. The Morgan fingerprint density at radius 1 is 0.339 bits per heavy atom. The SMILES string of the molecule is c1ccc(-c2ccc(-c3nc(-c4ccccc4)nc(-c4cccc5oc6cc7c8ccccc8n(-c8ccc(-c9ccccc9)cc8)c7cc6c45)n3)cc2)cc1. The van der Waals surface area contributed by atoms with Gasteiger partial charge in [-0.2, -0.15) is 0 Å². The van der Waals surface area contributed by atoms with Crippen LogP contribution in [0.1, 0.15) is 0 Å². The van der Waals surface area contributed by atoms with Gasteiger partial charge in [0.1, 0.15) is 11.2 Å². The Morgan fingerprint density at radius 3 is 1.52 bits per heavy atom. The maximum absolute atomic E-state index is 6.66. The van der Waals surface area contributed by atoms with E-state index in [1.165, 1.54) is 16.5 Å². The molecule has 0 radical (unpaired) electrons. The Labute approximate surface area is 322 Å². The van der Waals surface area contributed by atoms with Crippen molar-refractivity contribution < 1.29 is 4.42 Å². The predicted octanol–water partition coefficient (Wildman–Crippen LogP) is 13.2. The molecule has 0 aliphatic rings. The van der Waals surface area contributed by atoms with Crippen molar-refractivity contribution in [2.24, 2.45) is 0 Å². The molecular weight excluding hydrogens is 685 g/mol. The van der Waals surface area contributed by atoms with Crippen LogP contribution < -0.4 is 0 Å². The molecule has 0 amide bonds. The second-order valence-corrected chi connectivity index (χ2v) is 14.0. The summed E-state index contributed by atoms with van der Waals surface area (Å²) in [6.07, 6.45) is 0. The number of fused-ring (bicyclic) bond motifs is 6. The van der Waals surface area contributed by atoms with Crippen molar-refractivity contribution in [2.45, 2.75) is 0 Å². The largest absolute Gasteiger partial charge is 0.456 e. The summed E-state index contributed by atoms with van der Waals surface area (Å²) in [6.45, 7) is 0. The van der Waals surface area contributed by atoms with Crippen LogP contribution >= 0.6 is 0 Å². The van der Waals surface area contributed by atoms with Crippen LogP contribution in [0.5, 0.6) is 0 Å². The van der Waals surface area contributed by atoms with Gasteiger partial charge in [-0.3, -0.25) is 0 Å². The van der Waals surface area contributed by atoms with Gasteiger partial charge in [-0.15, -0.1) is 0 Å². The first-order chi connectivity index (χ1) is 27.7. The van der Waals surface area contributed by atoms with Crippen LogP contribution in [0.25, 0.3) is 106 Å². The minimum atomic E-state index is 0.589. The fourth-order valence-electron chi connectivity index (χ4n) is 7.97. The normalized spacial score (nSPS) is 11.6. The molecule has 0 saturated carbocycles. The highest BCUT2D eigenvalue weighted by molar-refractivity contribution is 6.19. The van der Waals surface area contributed by atoms with Crippen molar-refractivity contribution in [3.05, 3.63) is 194 Å². The number of rotatable bonds is 6. The maximum Gasteiger partial charge on any atom is 0.164 e. The lowest BCUT2D eigenvalue weighted by Crippen LogP contribution is -2.00. The molecule has 0 unspecified atom stereocenters. The molecule has 0 saturated heterocycles. The van der Waals surface area contributed by atoms with Crippen LogP contribution in [0.15, 0.2) is 199 Å². The molecule has 262 valence electrons. The molecule has 0 aliphatic carbocycles. The maximum atomic E-state index is 6.66. The van der Waals surface area contributed by atoms with E-state index in [0.717, 1.165) is 71.9 Å². The summed E-state index contributed by atoms with van der Waals surface area (Å²) >= 11 is 0. The van der Waals surface area contributed by atoms with Gasteiger partial charge in [-0.05, 0) is 58.7 Å². The van der Waals surface area contributed by atoms with E-state index < -0.39 is 0 Å². The minimum Gasteiger partial charge on any atom is -0.456 e. The van der Waals surface area contributed by atoms with Crippen LogP contribution in [0.3, 0.4) is 0 Å². The predicted molar refractivity (Wildman–Crippen MR) is 229 cm³/mol. The lowest BCUT2D eigenvalue weighted by Gasteiger charge is -2.10. The van der Waals surface area contributed by atoms with Crippen LogP contribution in [0.4, 0.5) is 0 Å². The van der Waals surface area contributed by atoms with Crippen LogP contribution in [0, 0.1) is 0 Å².